The Balaban J connectivity index is 0.000000505. The molecular weight excluding hydrogens is 503 g/mol. The van der Waals surface area contributed by atoms with Crippen LogP contribution in [-0.4, -0.2) is 64.8 Å². The molecule has 4 N–H and O–H groups in total. The van der Waals surface area contributed by atoms with Crippen LogP contribution in [0.3, 0.4) is 0 Å². The lowest BCUT2D eigenvalue weighted by Gasteiger charge is -2.32. The summed E-state index contributed by atoms with van der Waals surface area (Å²) in [6.45, 7) is 2.55. The predicted molar refractivity (Wildman–Crippen MR) is 133 cm³/mol. The van der Waals surface area contributed by atoms with Crippen molar-refractivity contribution in [3.8, 4) is 0 Å². The van der Waals surface area contributed by atoms with E-state index < -0.39 is 18.1 Å². The zero-order valence-electron chi connectivity index (χ0n) is 20.8. The number of carboxylic acids is 1. The summed E-state index contributed by atoms with van der Waals surface area (Å²) in [4.78, 5) is 34.8. The van der Waals surface area contributed by atoms with Crippen LogP contribution in [0.2, 0.25) is 0 Å². The molecule has 1 aliphatic heterocycles. The summed E-state index contributed by atoms with van der Waals surface area (Å²) in [6.07, 6.45) is -0.422. The fraction of sp³-hybridized carbons (Fsp3) is 0.444. The molecule has 1 saturated carbocycles. The quantitative estimate of drug-likeness (QED) is 0.287. The fourth-order valence-electron chi connectivity index (χ4n) is 4.52. The highest BCUT2D eigenvalue weighted by Crippen LogP contribution is 2.40. The first kappa shape index (κ1) is 29.1. The summed E-state index contributed by atoms with van der Waals surface area (Å²) in [7, 11) is 0. The van der Waals surface area contributed by atoms with Crippen LogP contribution in [0.25, 0.3) is 0 Å². The van der Waals surface area contributed by atoms with Gasteiger partial charge >= 0.3 is 12.1 Å². The predicted octanol–water partition coefficient (Wildman–Crippen LogP) is 3.76. The number of aliphatic carboxylic acids is 1. The summed E-state index contributed by atoms with van der Waals surface area (Å²) < 4.78 is 31.7. The number of hydrogen-bond donors (Lipinski definition) is 4. The lowest BCUT2D eigenvalue weighted by atomic mass is 9.95. The van der Waals surface area contributed by atoms with Crippen molar-refractivity contribution in [2.45, 2.75) is 50.2 Å². The highest BCUT2D eigenvalue weighted by molar-refractivity contribution is 5.93. The molecule has 0 radical (unpaired) electrons. The van der Waals surface area contributed by atoms with Gasteiger partial charge in [0.1, 0.15) is 0 Å². The van der Waals surface area contributed by atoms with Gasteiger partial charge < -0.3 is 15.3 Å². The Labute approximate surface area is 218 Å². The number of benzene rings is 2. The molecule has 1 aliphatic carbocycles. The van der Waals surface area contributed by atoms with Crippen LogP contribution < -0.4 is 10.8 Å². The van der Waals surface area contributed by atoms with Gasteiger partial charge in [0.25, 0.3) is 5.91 Å². The number of carboxylic acid groups (broad SMARTS) is 1. The van der Waals surface area contributed by atoms with E-state index in [0.29, 0.717) is 29.9 Å². The standard InChI is InChI=1S/C25H31N3O3.C2HF3O2/c29-24-15-19(17-26-23-16-22(23)20-6-2-1-3-7-20)12-14-28(24)13-4-5-18-8-10-21(11-9-18)25(30)27-31;3-2(4,5)1(6)7/h1-3,6-11,19,22-23,26,31H,4-5,12-17H2,(H,27,30);(H,6,7). The van der Waals surface area contributed by atoms with E-state index in [1.54, 1.807) is 17.6 Å². The van der Waals surface area contributed by atoms with Crippen molar-refractivity contribution in [3.05, 3.63) is 71.3 Å². The van der Waals surface area contributed by atoms with Crippen molar-refractivity contribution in [2.24, 2.45) is 5.92 Å². The first-order valence-electron chi connectivity index (χ1n) is 12.5. The van der Waals surface area contributed by atoms with Gasteiger partial charge in [0, 0.05) is 37.0 Å². The number of halogens is 3. The summed E-state index contributed by atoms with van der Waals surface area (Å²) >= 11 is 0. The molecule has 2 fully saturated rings. The lowest BCUT2D eigenvalue weighted by molar-refractivity contribution is -0.192. The normalized spacial score (nSPS) is 20.8. The van der Waals surface area contributed by atoms with Crippen LogP contribution in [0, 0.1) is 5.92 Å². The van der Waals surface area contributed by atoms with E-state index in [-0.39, 0.29) is 5.91 Å². The molecule has 1 heterocycles. The second kappa shape index (κ2) is 13.4. The van der Waals surface area contributed by atoms with Crippen molar-refractivity contribution < 1.29 is 37.9 Å². The van der Waals surface area contributed by atoms with Crippen LogP contribution in [0.5, 0.6) is 0 Å². The van der Waals surface area contributed by atoms with Crippen molar-refractivity contribution in [3.63, 3.8) is 0 Å². The van der Waals surface area contributed by atoms with Crippen molar-refractivity contribution >= 4 is 17.8 Å². The number of amides is 2. The van der Waals surface area contributed by atoms with Gasteiger partial charge in [0.2, 0.25) is 5.91 Å². The smallest absolute Gasteiger partial charge is 0.475 e. The number of hydrogen-bond acceptors (Lipinski definition) is 5. The number of carbonyl (C=O) groups is 3. The van der Waals surface area contributed by atoms with Gasteiger partial charge in [-0.3, -0.25) is 14.8 Å². The molecule has 11 heteroatoms. The third-order valence-electron chi connectivity index (χ3n) is 6.76. The maximum atomic E-state index is 12.6. The molecule has 3 unspecified atom stereocenters. The average Bonchev–Trinajstić information content (AvgIpc) is 3.69. The highest BCUT2D eigenvalue weighted by atomic mass is 19.4. The number of likely N-dealkylation sites (tertiary alicyclic amines) is 1. The molecule has 2 aromatic rings. The van der Waals surface area contributed by atoms with E-state index >= 15 is 0 Å². The van der Waals surface area contributed by atoms with Crippen LogP contribution in [-0.2, 0) is 16.0 Å². The van der Waals surface area contributed by atoms with Crippen molar-refractivity contribution in [1.29, 1.82) is 0 Å². The number of alkyl halides is 3. The Kier molecular flexibility index (Phi) is 10.3. The molecule has 2 aliphatic rings. The summed E-state index contributed by atoms with van der Waals surface area (Å²) in [6, 6.07) is 18.4. The van der Waals surface area contributed by atoms with Crippen molar-refractivity contribution in [2.75, 3.05) is 19.6 Å². The van der Waals surface area contributed by atoms with Gasteiger partial charge in [-0.25, -0.2) is 10.3 Å². The molecular formula is C27H32F3N3O5. The molecule has 3 atom stereocenters. The number of piperidine rings is 1. The summed E-state index contributed by atoms with van der Waals surface area (Å²) in [5, 5.41) is 19.5. The van der Waals surface area contributed by atoms with Gasteiger partial charge in [-0.2, -0.15) is 13.2 Å². The van der Waals surface area contributed by atoms with Gasteiger partial charge in [-0.1, -0.05) is 42.5 Å². The number of rotatable bonds is 9. The van der Waals surface area contributed by atoms with Gasteiger partial charge in [-0.05, 0) is 61.4 Å². The van der Waals surface area contributed by atoms with Crippen LogP contribution >= 0.6 is 0 Å². The number of carbonyl (C=O) groups excluding carboxylic acids is 2. The zero-order chi connectivity index (χ0) is 27.7. The van der Waals surface area contributed by atoms with E-state index in [2.05, 4.69) is 35.6 Å². The molecule has 1 saturated heterocycles. The summed E-state index contributed by atoms with van der Waals surface area (Å²) in [5.74, 6) is -1.93. The average molecular weight is 536 g/mol. The van der Waals surface area contributed by atoms with E-state index in [1.807, 2.05) is 17.0 Å². The Morgan fingerprint density at radius 3 is 2.29 bits per heavy atom. The second-order valence-corrected chi connectivity index (χ2v) is 9.55. The molecule has 0 spiro atoms. The van der Waals surface area contributed by atoms with Crippen LogP contribution in [0.15, 0.2) is 54.6 Å². The lowest BCUT2D eigenvalue weighted by Crippen LogP contribution is -2.42. The minimum Gasteiger partial charge on any atom is -0.475 e. The van der Waals surface area contributed by atoms with Crippen molar-refractivity contribution in [1.82, 2.24) is 15.7 Å². The number of nitrogens with zero attached hydrogens (tertiary/aromatic N) is 1. The molecule has 0 bridgehead atoms. The molecule has 4 rings (SSSR count). The Morgan fingerprint density at radius 2 is 1.71 bits per heavy atom. The Bertz CT molecular complexity index is 1080. The molecule has 2 amide bonds. The maximum Gasteiger partial charge on any atom is 0.490 e. The first-order chi connectivity index (χ1) is 18.1. The number of hydroxylamine groups is 1. The fourth-order valence-corrected chi connectivity index (χ4v) is 4.52. The van der Waals surface area contributed by atoms with Gasteiger partial charge in [0.05, 0.1) is 0 Å². The third-order valence-corrected chi connectivity index (χ3v) is 6.76. The molecule has 38 heavy (non-hydrogen) atoms. The topological polar surface area (TPSA) is 119 Å². The van der Waals surface area contributed by atoms with Gasteiger partial charge in [-0.15, -0.1) is 0 Å². The van der Waals surface area contributed by atoms with Gasteiger partial charge in [0.15, 0.2) is 0 Å². The highest BCUT2D eigenvalue weighted by Gasteiger charge is 2.39. The van der Waals surface area contributed by atoms with Crippen LogP contribution in [0.4, 0.5) is 13.2 Å². The third kappa shape index (κ3) is 8.84. The number of aryl methyl sites for hydroxylation is 1. The minimum absolute atomic E-state index is 0.267. The Hall–Kier alpha value is -3.44. The monoisotopic (exact) mass is 535 g/mol. The maximum absolute atomic E-state index is 12.6. The number of nitrogens with one attached hydrogen (secondary N) is 2. The van der Waals surface area contributed by atoms with E-state index in [9.17, 15) is 22.8 Å². The molecule has 2 aromatic carbocycles. The van der Waals surface area contributed by atoms with Crippen LogP contribution in [0.1, 0.15) is 53.1 Å². The van der Waals surface area contributed by atoms with E-state index in [1.165, 1.54) is 12.0 Å². The summed E-state index contributed by atoms with van der Waals surface area (Å²) in [5.41, 5.74) is 4.60. The Morgan fingerprint density at radius 1 is 1.05 bits per heavy atom. The zero-order valence-corrected chi connectivity index (χ0v) is 20.8. The molecule has 206 valence electrons. The van der Waals surface area contributed by atoms with E-state index in [4.69, 9.17) is 15.1 Å². The minimum atomic E-state index is -5.08. The largest absolute Gasteiger partial charge is 0.490 e. The first-order valence-corrected chi connectivity index (χ1v) is 12.5. The van der Waals surface area contributed by atoms with E-state index in [0.717, 1.165) is 44.5 Å². The molecule has 8 nitrogen and oxygen atoms in total. The second-order valence-electron chi connectivity index (χ2n) is 9.55. The SMILES string of the molecule is O=C(NO)c1ccc(CCCN2CCC(CNC3CC3c3ccccc3)CC2=O)cc1.O=C(O)C(F)(F)F. The molecule has 0 aromatic heterocycles.